The van der Waals surface area contributed by atoms with E-state index >= 15 is 0 Å². The number of aromatic hydroxyl groups is 2. The number of H-pyrrole nitrogens is 1. The SMILES string of the molecule is O=[N+]([O-])c1cc(-c2cc(-c3ccccc3)[nH]n2)cc(O)c1O. The first-order valence-electron chi connectivity index (χ1n) is 6.38. The van der Waals surface area contributed by atoms with Gasteiger partial charge in [-0.3, -0.25) is 15.2 Å². The average Bonchev–Trinajstić information content (AvgIpc) is 3.00. The van der Waals surface area contributed by atoms with Crippen molar-refractivity contribution in [1.82, 2.24) is 10.2 Å². The zero-order valence-electron chi connectivity index (χ0n) is 11.2. The van der Waals surface area contributed by atoms with Gasteiger partial charge >= 0.3 is 5.69 Å². The predicted octanol–water partition coefficient (Wildman–Crippen LogP) is 3.06. The maximum absolute atomic E-state index is 10.9. The summed E-state index contributed by atoms with van der Waals surface area (Å²) in [5.74, 6) is -1.32. The smallest absolute Gasteiger partial charge is 0.315 e. The maximum atomic E-state index is 10.9. The van der Waals surface area contributed by atoms with Crippen molar-refractivity contribution in [2.45, 2.75) is 0 Å². The third-order valence-electron chi connectivity index (χ3n) is 3.22. The van der Waals surface area contributed by atoms with E-state index in [9.17, 15) is 20.3 Å². The largest absolute Gasteiger partial charge is 0.504 e. The molecule has 1 aromatic heterocycles. The van der Waals surface area contributed by atoms with Crippen molar-refractivity contribution < 1.29 is 15.1 Å². The number of aromatic nitrogens is 2. The van der Waals surface area contributed by atoms with Crippen molar-refractivity contribution >= 4 is 5.69 Å². The maximum Gasteiger partial charge on any atom is 0.315 e. The first-order valence-corrected chi connectivity index (χ1v) is 6.38. The summed E-state index contributed by atoms with van der Waals surface area (Å²) in [6.07, 6.45) is 0. The molecule has 0 bridgehead atoms. The highest BCUT2D eigenvalue weighted by Crippen LogP contribution is 2.39. The Hall–Kier alpha value is -3.35. The van der Waals surface area contributed by atoms with Crippen LogP contribution in [-0.4, -0.2) is 25.3 Å². The summed E-state index contributed by atoms with van der Waals surface area (Å²) in [5.41, 5.74) is 1.85. The quantitative estimate of drug-likeness (QED) is 0.390. The van der Waals surface area contributed by atoms with Crippen molar-refractivity contribution in [3.05, 3.63) is 58.6 Å². The van der Waals surface area contributed by atoms with E-state index in [1.165, 1.54) is 12.1 Å². The molecule has 7 heteroatoms. The summed E-state index contributed by atoms with van der Waals surface area (Å²) in [7, 11) is 0. The number of nitro groups is 1. The summed E-state index contributed by atoms with van der Waals surface area (Å²) in [5, 5.41) is 36.9. The second kappa shape index (κ2) is 5.21. The molecule has 0 aliphatic rings. The van der Waals surface area contributed by atoms with Gasteiger partial charge in [-0.15, -0.1) is 0 Å². The van der Waals surface area contributed by atoms with Gasteiger partial charge in [-0.2, -0.15) is 5.10 Å². The Balaban J connectivity index is 2.06. The van der Waals surface area contributed by atoms with Crippen LogP contribution in [0.5, 0.6) is 11.5 Å². The number of aromatic amines is 1. The van der Waals surface area contributed by atoms with Gasteiger partial charge in [0, 0.05) is 11.6 Å². The fourth-order valence-corrected chi connectivity index (χ4v) is 2.13. The van der Waals surface area contributed by atoms with Crippen LogP contribution in [0.25, 0.3) is 22.5 Å². The van der Waals surface area contributed by atoms with Gasteiger partial charge in [0.25, 0.3) is 0 Å². The normalized spacial score (nSPS) is 10.5. The molecule has 0 saturated carbocycles. The summed E-state index contributed by atoms with van der Waals surface area (Å²) in [6.45, 7) is 0. The predicted molar refractivity (Wildman–Crippen MR) is 79.4 cm³/mol. The van der Waals surface area contributed by atoms with Crippen molar-refractivity contribution in [2.75, 3.05) is 0 Å². The number of nitrogens with zero attached hydrogens (tertiary/aromatic N) is 2. The minimum atomic E-state index is -0.761. The first kappa shape index (κ1) is 13.6. The Bertz CT molecular complexity index is 843. The second-order valence-electron chi connectivity index (χ2n) is 4.65. The Labute approximate surface area is 124 Å². The summed E-state index contributed by atoms with van der Waals surface area (Å²) in [6, 6.07) is 13.6. The molecule has 3 N–H and O–H groups in total. The first-order chi connectivity index (χ1) is 10.6. The van der Waals surface area contributed by atoms with E-state index in [2.05, 4.69) is 10.2 Å². The molecule has 22 heavy (non-hydrogen) atoms. The van der Waals surface area contributed by atoms with Gasteiger partial charge in [0.2, 0.25) is 5.75 Å². The molecule has 0 saturated heterocycles. The van der Waals surface area contributed by atoms with E-state index in [1.54, 1.807) is 6.07 Å². The third-order valence-corrected chi connectivity index (χ3v) is 3.22. The number of nitro benzene ring substituents is 1. The lowest BCUT2D eigenvalue weighted by molar-refractivity contribution is -0.385. The zero-order valence-corrected chi connectivity index (χ0v) is 11.2. The number of rotatable bonds is 3. The number of hydrogen-bond donors (Lipinski definition) is 3. The molecule has 0 amide bonds. The number of hydrogen-bond acceptors (Lipinski definition) is 5. The van der Waals surface area contributed by atoms with Crippen LogP contribution in [0.2, 0.25) is 0 Å². The third kappa shape index (κ3) is 2.35. The highest BCUT2D eigenvalue weighted by atomic mass is 16.6. The van der Waals surface area contributed by atoms with Crippen LogP contribution in [-0.2, 0) is 0 Å². The fourth-order valence-electron chi connectivity index (χ4n) is 2.13. The highest BCUT2D eigenvalue weighted by molar-refractivity contribution is 5.73. The van der Waals surface area contributed by atoms with E-state index in [-0.39, 0.29) is 0 Å². The number of benzene rings is 2. The summed E-state index contributed by atoms with van der Waals surface area (Å²) < 4.78 is 0. The van der Waals surface area contributed by atoms with Gasteiger partial charge < -0.3 is 10.2 Å². The molecular weight excluding hydrogens is 286 g/mol. The van der Waals surface area contributed by atoms with E-state index in [4.69, 9.17) is 0 Å². The molecule has 3 aromatic rings. The molecule has 7 nitrogen and oxygen atoms in total. The topological polar surface area (TPSA) is 112 Å². The monoisotopic (exact) mass is 297 g/mol. The van der Waals surface area contributed by atoms with E-state index in [0.29, 0.717) is 11.3 Å². The van der Waals surface area contributed by atoms with E-state index in [0.717, 1.165) is 11.3 Å². The van der Waals surface area contributed by atoms with Crippen LogP contribution in [0.1, 0.15) is 0 Å². The van der Waals surface area contributed by atoms with Crippen LogP contribution in [0, 0.1) is 10.1 Å². The Morgan fingerprint density at radius 2 is 1.77 bits per heavy atom. The molecule has 0 unspecified atom stereocenters. The van der Waals surface area contributed by atoms with Crippen molar-refractivity contribution in [3.63, 3.8) is 0 Å². The molecule has 0 atom stereocenters. The lowest BCUT2D eigenvalue weighted by atomic mass is 10.1. The van der Waals surface area contributed by atoms with Crippen molar-refractivity contribution in [3.8, 4) is 34.0 Å². The average molecular weight is 297 g/mol. The van der Waals surface area contributed by atoms with Gasteiger partial charge in [0.05, 0.1) is 16.3 Å². The lowest BCUT2D eigenvalue weighted by Gasteiger charge is -2.02. The minimum Gasteiger partial charge on any atom is -0.504 e. The number of phenolic OH excluding ortho intramolecular Hbond substituents is 2. The molecule has 0 aliphatic heterocycles. The van der Waals surface area contributed by atoms with Crippen LogP contribution >= 0.6 is 0 Å². The number of nitrogens with one attached hydrogen (secondary N) is 1. The molecule has 110 valence electrons. The van der Waals surface area contributed by atoms with E-state index < -0.39 is 22.1 Å². The molecular formula is C15H11N3O4. The Kier molecular flexibility index (Phi) is 3.23. The molecule has 3 rings (SSSR count). The molecule has 0 fully saturated rings. The molecule has 1 heterocycles. The van der Waals surface area contributed by atoms with Gasteiger partial charge in [-0.1, -0.05) is 30.3 Å². The van der Waals surface area contributed by atoms with Crippen LogP contribution in [0.4, 0.5) is 5.69 Å². The fraction of sp³-hybridized carbons (Fsp3) is 0. The standard InChI is InChI=1S/C15H11N3O4/c19-14-7-10(6-13(15(14)20)18(21)22)12-8-11(16-17-12)9-4-2-1-3-5-9/h1-8,19-20H,(H,16,17). The Morgan fingerprint density at radius 3 is 2.45 bits per heavy atom. The van der Waals surface area contributed by atoms with Gasteiger partial charge in [0.15, 0.2) is 5.75 Å². The van der Waals surface area contributed by atoms with E-state index in [1.807, 2.05) is 30.3 Å². The van der Waals surface area contributed by atoms with Crippen molar-refractivity contribution in [2.24, 2.45) is 0 Å². The van der Waals surface area contributed by atoms with Gasteiger partial charge in [-0.25, -0.2) is 0 Å². The van der Waals surface area contributed by atoms with Crippen LogP contribution < -0.4 is 0 Å². The molecule has 0 aliphatic carbocycles. The second-order valence-corrected chi connectivity index (χ2v) is 4.65. The van der Waals surface area contributed by atoms with Crippen molar-refractivity contribution in [1.29, 1.82) is 0 Å². The van der Waals surface area contributed by atoms with Crippen LogP contribution in [0.15, 0.2) is 48.5 Å². The van der Waals surface area contributed by atoms with Gasteiger partial charge in [0.1, 0.15) is 0 Å². The summed E-state index contributed by atoms with van der Waals surface area (Å²) >= 11 is 0. The molecule has 2 aromatic carbocycles. The highest BCUT2D eigenvalue weighted by Gasteiger charge is 2.20. The van der Waals surface area contributed by atoms with Crippen LogP contribution in [0.3, 0.4) is 0 Å². The molecule has 0 spiro atoms. The zero-order chi connectivity index (χ0) is 15.7. The lowest BCUT2D eigenvalue weighted by Crippen LogP contribution is -1.90. The number of phenols is 2. The minimum absolute atomic E-state index is 0.334. The summed E-state index contributed by atoms with van der Waals surface area (Å²) in [4.78, 5) is 10.1. The molecule has 0 radical (unpaired) electrons. The van der Waals surface area contributed by atoms with Gasteiger partial charge in [-0.05, 0) is 17.7 Å². The Morgan fingerprint density at radius 1 is 1.05 bits per heavy atom.